The number of rotatable bonds is 9. The third-order valence-electron chi connectivity index (χ3n) is 7.27. The lowest BCUT2D eigenvalue weighted by Gasteiger charge is -2.59. The van der Waals surface area contributed by atoms with Crippen molar-refractivity contribution in [3.8, 4) is 11.5 Å². The maximum Gasteiger partial charge on any atom is 0.161 e. The van der Waals surface area contributed by atoms with E-state index in [0.717, 1.165) is 30.0 Å². The van der Waals surface area contributed by atoms with Crippen LogP contribution in [0.1, 0.15) is 57.9 Å². The van der Waals surface area contributed by atoms with E-state index in [9.17, 15) is 0 Å². The van der Waals surface area contributed by atoms with Crippen LogP contribution < -0.4 is 14.8 Å². The molecule has 0 heterocycles. The second-order valence-corrected chi connectivity index (χ2v) is 9.17. The number of aliphatic hydroxyl groups excluding tert-OH is 1. The Balaban J connectivity index is 1.40. The molecule has 4 fully saturated rings. The summed E-state index contributed by atoms with van der Waals surface area (Å²) in [5, 5.41) is 12.8. The second kappa shape index (κ2) is 8.00. The van der Waals surface area contributed by atoms with Gasteiger partial charge in [-0.15, -0.1) is 0 Å². The van der Waals surface area contributed by atoms with Gasteiger partial charge < -0.3 is 19.9 Å². The molecule has 1 atom stereocenters. The average Bonchev–Trinajstić information content (AvgIpc) is 2.64. The Morgan fingerprint density at radius 3 is 2.33 bits per heavy atom. The van der Waals surface area contributed by atoms with Crippen LogP contribution in [0.4, 0.5) is 0 Å². The summed E-state index contributed by atoms with van der Waals surface area (Å²) in [5.74, 6) is 4.46. The number of hydrogen-bond donors (Lipinski definition) is 2. The van der Waals surface area contributed by atoms with Crippen LogP contribution in [0, 0.1) is 23.2 Å². The van der Waals surface area contributed by atoms with E-state index in [1.165, 1.54) is 44.1 Å². The minimum absolute atomic E-state index is 0.0114. The number of hydrogen-bond acceptors (Lipinski definition) is 4. The van der Waals surface area contributed by atoms with E-state index >= 15 is 0 Å². The first-order valence-corrected chi connectivity index (χ1v) is 10.8. The highest BCUT2D eigenvalue weighted by atomic mass is 16.5. The summed E-state index contributed by atoms with van der Waals surface area (Å²) in [5.41, 5.74) is 1.76. The number of aliphatic hydroxyl groups is 1. The van der Waals surface area contributed by atoms with Gasteiger partial charge in [-0.25, -0.2) is 0 Å². The number of nitrogens with one attached hydrogen (secondary N) is 1. The van der Waals surface area contributed by atoms with Crippen LogP contribution in [-0.4, -0.2) is 31.0 Å². The van der Waals surface area contributed by atoms with Crippen molar-refractivity contribution in [1.29, 1.82) is 0 Å². The minimum Gasteiger partial charge on any atom is -0.490 e. The van der Waals surface area contributed by atoms with E-state index < -0.39 is 0 Å². The molecule has 4 aliphatic carbocycles. The Bertz CT molecular complexity index is 609. The van der Waals surface area contributed by atoms with Crippen LogP contribution >= 0.6 is 0 Å². The third kappa shape index (κ3) is 3.97. The fourth-order valence-electron chi connectivity index (χ4n) is 6.40. The molecule has 5 rings (SSSR count). The van der Waals surface area contributed by atoms with E-state index in [4.69, 9.17) is 14.6 Å². The van der Waals surface area contributed by atoms with Crippen LogP contribution in [-0.2, 0) is 6.54 Å². The molecule has 1 unspecified atom stereocenters. The summed E-state index contributed by atoms with van der Waals surface area (Å²) in [6.45, 7) is 6.17. The van der Waals surface area contributed by atoms with Crippen LogP contribution in [0.15, 0.2) is 18.2 Å². The van der Waals surface area contributed by atoms with E-state index in [0.29, 0.717) is 30.4 Å². The molecule has 0 radical (unpaired) electrons. The van der Waals surface area contributed by atoms with Gasteiger partial charge in [0.05, 0.1) is 13.2 Å². The smallest absolute Gasteiger partial charge is 0.161 e. The zero-order valence-corrected chi connectivity index (χ0v) is 16.9. The average molecular weight is 374 g/mol. The number of ether oxygens (including phenoxy) is 2. The van der Waals surface area contributed by atoms with Gasteiger partial charge in [0.15, 0.2) is 11.5 Å². The molecule has 1 aromatic rings. The zero-order chi connectivity index (χ0) is 18.9. The van der Waals surface area contributed by atoms with Gasteiger partial charge in [0.2, 0.25) is 0 Å². The molecular weight excluding hydrogens is 338 g/mol. The molecule has 150 valence electrons. The quantitative estimate of drug-likeness (QED) is 0.683. The van der Waals surface area contributed by atoms with E-state index in [2.05, 4.69) is 24.4 Å². The summed E-state index contributed by atoms with van der Waals surface area (Å²) < 4.78 is 11.3. The van der Waals surface area contributed by atoms with Crippen molar-refractivity contribution < 1.29 is 14.6 Å². The second-order valence-electron chi connectivity index (χ2n) is 9.17. The maximum atomic E-state index is 8.99. The molecular formula is C23H35NO3. The molecule has 4 nitrogen and oxygen atoms in total. The van der Waals surface area contributed by atoms with Crippen molar-refractivity contribution in [3.63, 3.8) is 0 Å². The highest BCUT2D eigenvalue weighted by molar-refractivity contribution is 5.43. The van der Waals surface area contributed by atoms with Crippen molar-refractivity contribution in [2.45, 2.75) is 65.0 Å². The van der Waals surface area contributed by atoms with Gasteiger partial charge in [-0.1, -0.05) is 6.07 Å². The molecule has 0 saturated heterocycles. The Kier molecular flexibility index (Phi) is 5.65. The van der Waals surface area contributed by atoms with Gasteiger partial charge in [0.25, 0.3) is 0 Å². The van der Waals surface area contributed by atoms with Gasteiger partial charge in [-0.05, 0) is 93.2 Å². The van der Waals surface area contributed by atoms with Crippen molar-refractivity contribution in [1.82, 2.24) is 5.32 Å². The van der Waals surface area contributed by atoms with Crippen molar-refractivity contribution >= 4 is 0 Å². The normalized spacial score (nSPS) is 32.5. The van der Waals surface area contributed by atoms with Crippen molar-refractivity contribution in [3.05, 3.63) is 23.8 Å². The van der Waals surface area contributed by atoms with Gasteiger partial charge in [-0.3, -0.25) is 0 Å². The molecule has 4 heteroatoms. The fourth-order valence-corrected chi connectivity index (χ4v) is 6.40. The lowest BCUT2D eigenvalue weighted by molar-refractivity contribution is -0.0706. The third-order valence-corrected chi connectivity index (χ3v) is 7.27. The molecule has 4 aliphatic rings. The SMILES string of the molecule is CCOc1cc(CNC(C)C23CC4CC(CC(C4)C2)C3)ccc1OCCO. The van der Waals surface area contributed by atoms with E-state index in [1.54, 1.807) is 0 Å². The Morgan fingerprint density at radius 1 is 1.07 bits per heavy atom. The fraction of sp³-hybridized carbons (Fsp3) is 0.739. The predicted molar refractivity (Wildman–Crippen MR) is 107 cm³/mol. The summed E-state index contributed by atoms with van der Waals surface area (Å²) in [4.78, 5) is 0. The van der Waals surface area contributed by atoms with Crippen LogP contribution in [0.25, 0.3) is 0 Å². The van der Waals surface area contributed by atoms with Gasteiger partial charge in [-0.2, -0.15) is 0 Å². The summed E-state index contributed by atoms with van der Waals surface area (Å²) in [6.07, 6.45) is 8.80. The number of benzene rings is 1. The first kappa shape index (κ1) is 19.1. The van der Waals surface area contributed by atoms with Crippen LogP contribution in [0.5, 0.6) is 11.5 Å². The molecule has 0 aromatic heterocycles. The Morgan fingerprint density at radius 2 is 1.74 bits per heavy atom. The zero-order valence-electron chi connectivity index (χ0n) is 16.9. The van der Waals surface area contributed by atoms with E-state index in [1.807, 2.05) is 13.0 Å². The molecule has 4 bridgehead atoms. The van der Waals surface area contributed by atoms with Gasteiger partial charge >= 0.3 is 0 Å². The lowest BCUT2D eigenvalue weighted by atomic mass is 9.48. The highest BCUT2D eigenvalue weighted by Crippen LogP contribution is 2.61. The monoisotopic (exact) mass is 373 g/mol. The molecule has 1 aromatic carbocycles. The molecule has 0 spiro atoms. The molecule has 27 heavy (non-hydrogen) atoms. The minimum atomic E-state index is 0.0114. The Labute approximate surface area is 163 Å². The van der Waals surface area contributed by atoms with Crippen LogP contribution in [0.3, 0.4) is 0 Å². The van der Waals surface area contributed by atoms with Gasteiger partial charge in [0, 0.05) is 12.6 Å². The van der Waals surface area contributed by atoms with E-state index in [-0.39, 0.29) is 6.61 Å². The molecule has 0 amide bonds. The summed E-state index contributed by atoms with van der Waals surface area (Å²) in [6, 6.07) is 6.71. The van der Waals surface area contributed by atoms with Crippen molar-refractivity contribution in [2.75, 3.05) is 19.8 Å². The molecule has 4 saturated carbocycles. The highest BCUT2D eigenvalue weighted by Gasteiger charge is 2.52. The largest absolute Gasteiger partial charge is 0.490 e. The van der Waals surface area contributed by atoms with Gasteiger partial charge in [0.1, 0.15) is 6.61 Å². The Hall–Kier alpha value is -1.26. The molecule has 2 N–H and O–H groups in total. The molecule has 0 aliphatic heterocycles. The summed E-state index contributed by atoms with van der Waals surface area (Å²) in [7, 11) is 0. The predicted octanol–water partition coefficient (Wildman–Crippen LogP) is 4.15. The first-order valence-electron chi connectivity index (χ1n) is 10.8. The van der Waals surface area contributed by atoms with Crippen LogP contribution in [0.2, 0.25) is 0 Å². The standard InChI is InChI=1S/C23H35NO3/c1-3-26-22-11-17(4-5-21(22)27-7-6-25)15-24-16(2)23-12-18-8-19(13-23)10-20(9-18)14-23/h4-5,11,16,18-20,24-25H,3,6-10,12-15H2,1-2H3. The lowest BCUT2D eigenvalue weighted by Crippen LogP contribution is -2.54. The topological polar surface area (TPSA) is 50.7 Å². The first-order chi connectivity index (χ1) is 13.1. The summed E-state index contributed by atoms with van der Waals surface area (Å²) >= 11 is 0. The maximum absolute atomic E-state index is 8.99. The van der Waals surface area contributed by atoms with Crippen molar-refractivity contribution in [2.24, 2.45) is 23.2 Å².